The summed E-state index contributed by atoms with van der Waals surface area (Å²) >= 11 is 0. The van der Waals surface area contributed by atoms with Gasteiger partial charge in [0.05, 0.1) is 10.9 Å². The standard InChI is InChI=1S/C33H26N2O7/c1-33(2,3)42-32(38)35-21-15-14-19(39-17-18-10-6-5-7-11-18)16-20(21)24-25-26(31(37)34(4)30(25)36)28-29(27(24)35)41-23-13-9-8-12-22(23)40-28/h5-16H,17H2,1-4H3. The average Bonchev–Trinajstić information content (AvgIpc) is 3.42. The van der Waals surface area contributed by atoms with Crippen LogP contribution < -0.4 is 15.9 Å². The summed E-state index contributed by atoms with van der Waals surface area (Å²) < 4.78 is 26.9. The van der Waals surface area contributed by atoms with E-state index in [-0.39, 0.29) is 27.5 Å². The van der Waals surface area contributed by atoms with Crippen molar-refractivity contribution in [2.75, 3.05) is 0 Å². The lowest BCUT2D eigenvalue weighted by Gasteiger charge is -2.20. The van der Waals surface area contributed by atoms with Gasteiger partial charge in [-0.3, -0.25) is 14.2 Å². The summed E-state index contributed by atoms with van der Waals surface area (Å²) in [5.41, 5.74) is 0.872. The van der Waals surface area contributed by atoms with Gasteiger partial charge in [-0.15, -0.1) is 0 Å². The highest BCUT2D eigenvalue weighted by Gasteiger charge is 2.30. The van der Waals surface area contributed by atoms with Crippen LogP contribution in [0, 0.1) is 0 Å². The van der Waals surface area contributed by atoms with Crippen LogP contribution in [0.5, 0.6) is 5.75 Å². The first-order chi connectivity index (χ1) is 20.1. The molecule has 0 amide bonds. The van der Waals surface area contributed by atoms with Crippen molar-refractivity contribution in [3.05, 3.63) is 99.1 Å². The molecule has 0 saturated carbocycles. The molecule has 3 aromatic heterocycles. The van der Waals surface area contributed by atoms with Crippen LogP contribution in [0.25, 0.3) is 54.9 Å². The van der Waals surface area contributed by atoms with Gasteiger partial charge in [0.1, 0.15) is 28.9 Å². The van der Waals surface area contributed by atoms with Crippen LogP contribution in [-0.2, 0) is 18.4 Å². The third kappa shape index (κ3) is 3.88. The fourth-order valence-electron chi connectivity index (χ4n) is 5.40. The number of carbonyl (C=O) groups excluding carboxylic acids is 1. The fraction of sp³-hybridized carbons (Fsp3) is 0.182. The van der Waals surface area contributed by atoms with Gasteiger partial charge in [-0.2, -0.15) is 0 Å². The lowest BCUT2D eigenvalue weighted by atomic mass is 10.1. The predicted molar refractivity (Wildman–Crippen MR) is 160 cm³/mol. The Bertz CT molecular complexity index is 2330. The molecule has 0 aliphatic heterocycles. The van der Waals surface area contributed by atoms with Gasteiger partial charge in [0.2, 0.25) is 0 Å². The van der Waals surface area contributed by atoms with Crippen molar-refractivity contribution in [1.29, 1.82) is 0 Å². The molecule has 42 heavy (non-hydrogen) atoms. The topological polar surface area (TPSA) is 106 Å². The average molecular weight is 563 g/mol. The largest absolute Gasteiger partial charge is 0.489 e. The molecule has 7 rings (SSSR count). The number of benzene rings is 4. The Kier molecular flexibility index (Phi) is 5.56. The lowest BCUT2D eigenvalue weighted by molar-refractivity contribution is 0.0551. The number of aromatic nitrogens is 2. The summed E-state index contributed by atoms with van der Waals surface area (Å²) in [5, 5.41) is 1.12. The maximum absolute atomic E-state index is 13.8. The van der Waals surface area contributed by atoms with Crippen LogP contribution >= 0.6 is 0 Å². The minimum Gasteiger partial charge on any atom is -0.489 e. The number of rotatable bonds is 3. The Morgan fingerprint density at radius 1 is 0.810 bits per heavy atom. The van der Waals surface area contributed by atoms with E-state index in [0.717, 1.165) is 10.1 Å². The molecule has 9 heteroatoms. The monoisotopic (exact) mass is 562 g/mol. The van der Waals surface area contributed by atoms with E-state index in [4.69, 9.17) is 18.3 Å². The van der Waals surface area contributed by atoms with Crippen LogP contribution in [0.1, 0.15) is 26.3 Å². The summed E-state index contributed by atoms with van der Waals surface area (Å²) in [6, 6.07) is 22.0. The molecule has 9 nitrogen and oxygen atoms in total. The van der Waals surface area contributed by atoms with Crippen molar-refractivity contribution >= 4 is 61.0 Å². The molecule has 0 N–H and O–H groups in total. The van der Waals surface area contributed by atoms with Gasteiger partial charge < -0.3 is 18.3 Å². The van der Waals surface area contributed by atoms with Crippen LogP contribution in [0.15, 0.2) is 91.2 Å². The molecule has 7 aromatic rings. The zero-order valence-corrected chi connectivity index (χ0v) is 23.4. The molecule has 0 bridgehead atoms. The van der Waals surface area contributed by atoms with Gasteiger partial charge >= 0.3 is 6.09 Å². The summed E-state index contributed by atoms with van der Waals surface area (Å²) in [6.45, 7) is 5.63. The molecule has 0 fully saturated rings. The number of carbonyl (C=O) groups is 1. The summed E-state index contributed by atoms with van der Waals surface area (Å²) in [5.74, 6) is 0.522. The quantitative estimate of drug-likeness (QED) is 0.217. The highest BCUT2D eigenvalue weighted by atomic mass is 16.6. The Hall–Kier alpha value is -5.31. The van der Waals surface area contributed by atoms with Gasteiger partial charge in [-0.1, -0.05) is 42.5 Å². The molecule has 0 aliphatic rings. The van der Waals surface area contributed by atoms with Gasteiger partial charge in [0, 0.05) is 17.8 Å². The van der Waals surface area contributed by atoms with Crippen LogP contribution in [0.3, 0.4) is 0 Å². The van der Waals surface area contributed by atoms with E-state index >= 15 is 0 Å². The molecule has 0 saturated heterocycles. The van der Waals surface area contributed by atoms with Gasteiger partial charge in [-0.25, -0.2) is 9.36 Å². The molecule has 210 valence electrons. The minimum atomic E-state index is -0.814. The molecule has 0 radical (unpaired) electrons. The van der Waals surface area contributed by atoms with E-state index in [1.807, 2.05) is 30.3 Å². The third-order valence-corrected chi connectivity index (χ3v) is 7.22. The van der Waals surface area contributed by atoms with E-state index in [9.17, 15) is 14.4 Å². The first-order valence-corrected chi connectivity index (χ1v) is 13.5. The van der Waals surface area contributed by atoms with Gasteiger partial charge in [0.15, 0.2) is 22.3 Å². The number of hydrogen-bond acceptors (Lipinski definition) is 7. The highest BCUT2D eigenvalue weighted by Crippen LogP contribution is 2.42. The van der Waals surface area contributed by atoms with Crippen LogP contribution in [0.2, 0.25) is 0 Å². The summed E-state index contributed by atoms with van der Waals surface area (Å²) in [4.78, 5) is 41.0. The van der Waals surface area contributed by atoms with Crippen molar-refractivity contribution in [3.63, 3.8) is 0 Å². The van der Waals surface area contributed by atoms with Crippen molar-refractivity contribution in [2.45, 2.75) is 33.0 Å². The molecule has 4 aromatic carbocycles. The maximum atomic E-state index is 13.8. The smallest absolute Gasteiger partial charge is 0.419 e. The molecule has 0 spiro atoms. The maximum Gasteiger partial charge on any atom is 0.419 e. The van der Waals surface area contributed by atoms with E-state index < -0.39 is 22.8 Å². The van der Waals surface area contributed by atoms with Crippen molar-refractivity contribution in [3.8, 4) is 5.75 Å². The zero-order valence-electron chi connectivity index (χ0n) is 23.4. The Morgan fingerprint density at radius 3 is 2.14 bits per heavy atom. The second-order valence-electron chi connectivity index (χ2n) is 11.2. The number of nitrogens with zero attached hydrogens (tertiary/aromatic N) is 2. The first-order valence-electron chi connectivity index (χ1n) is 13.5. The van der Waals surface area contributed by atoms with Crippen molar-refractivity contribution in [1.82, 2.24) is 9.13 Å². The molecule has 0 atom stereocenters. The fourth-order valence-corrected chi connectivity index (χ4v) is 5.40. The van der Waals surface area contributed by atoms with Gasteiger partial charge in [0.25, 0.3) is 11.1 Å². The zero-order chi connectivity index (χ0) is 29.3. The second-order valence-corrected chi connectivity index (χ2v) is 11.2. The van der Waals surface area contributed by atoms with E-state index in [1.165, 1.54) is 11.6 Å². The first kappa shape index (κ1) is 25.6. The van der Waals surface area contributed by atoms with E-state index in [0.29, 0.717) is 39.8 Å². The van der Waals surface area contributed by atoms with Crippen molar-refractivity contribution < 1.29 is 23.1 Å². The molecule has 0 unspecified atom stereocenters. The third-order valence-electron chi connectivity index (χ3n) is 7.22. The lowest BCUT2D eigenvalue weighted by Crippen LogP contribution is -2.27. The summed E-state index contributed by atoms with van der Waals surface area (Å²) in [7, 11) is 1.42. The molecular weight excluding hydrogens is 536 g/mol. The normalized spacial score (nSPS) is 12.2. The molecule has 3 heterocycles. The van der Waals surface area contributed by atoms with Crippen LogP contribution in [-0.4, -0.2) is 20.8 Å². The number of para-hydroxylation sites is 2. The van der Waals surface area contributed by atoms with Gasteiger partial charge in [-0.05, 0) is 56.7 Å². The Labute approximate surface area is 238 Å². The number of ether oxygens (including phenoxy) is 2. The van der Waals surface area contributed by atoms with Crippen molar-refractivity contribution in [2.24, 2.45) is 7.05 Å². The predicted octanol–water partition coefficient (Wildman–Crippen LogP) is 6.86. The van der Waals surface area contributed by atoms with Crippen LogP contribution in [0.4, 0.5) is 4.79 Å². The van der Waals surface area contributed by atoms with E-state index in [2.05, 4.69) is 0 Å². The molecule has 0 aliphatic carbocycles. The highest BCUT2D eigenvalue weighted by molar-refractivity contribution is 6.31. The summed E-state index contributed by atoms with van der Waals surface area (Å²) in [6.07, 6.45) is -0.671. The second kappa shape index (κ2) is 9.10. The number of hydrogen-bond donors (Lipinski definition) is 0. The minimum absolute atomic E-state index is 0.0760. The SMILES string of the molecule is Cn1c(=O)c2c3oc4ccccc4oc3c3c(c4cc(OCc5ccccc5)ccc4n3C(=O)OC(C)(C)C)c2c1=O. The molecular formula is C33H26N2O7. The Balaban J connectivity index is 1.64. The Morgan fingerprint density at radius 2 is 1.45 bits per heavy atom. The number of fused-ring (bicyclic) bond motifs is 9. The van der Waals surface area contributed by atoms with E-state index in [1.54, 1.807) is 63.2 Å².